The standard InChI is InChI=1S/C19H17BrN2O4S2/c1-22-17(23)19(21-18(22)27,12-4-2-6-14(20)10-12)13-5-3-7-15(11-13)26-28(24,25)16-8-9-16/h2-7,10-11,16H,8-9H2,1H3,(H,21,27). The van der Waals surface area contributed by atoms with Crippen molar-refractivity contribution in [3.63, 3.8) is 0 Å². The van der Waals surface area contributed by atoms with E-state index >= 15 is 0 Å². The van der Waals surface area contributed by atoms with Crippen molar-refractivity contribution in [2.24, 2.45) is 0 Å². The van der Waals surface area contributed by atoms with E-state index in [1.807, 2.05) is 24.3 Å². The predicted molar refractivity (Wildman–Crippen MR) is 112 cm³/mol. The SMILES string of the molecule is CN1C(=O)C(c2cccc(Br)c2)(c2cccc(OS(=O)(=O)C3CC3)c2)NC1=S. The fourth-order valence-electron chi connectivity index (χ4n) is 3.26. The summed E-state index contributed by atoms with van der Waals surface area (Å²) in [5.41, 5.74) is -0.0372. The van der Waals surface area contributed by atoms with E-state index in [1.165, 1.54) is 4.90 Å². The first-order chi connectivity index (χ1) is 13.2. The summed E-state index contributed by atoms with van der Waals surface area (Å²) in [7, 11) is -2.05. The van der Waals surface area contributed by atoms with Gasteiger partial charge in [-0.1, -0.05) is 40.2 Å². The molecule has 2 aromatic carbocycles. The number of halogens is 1. The van der Waals surface area contributed by atoms with Gasteiger partial charge in [-0.15, -0.1) is 0 Å². The highest BCUT2D eigenvalue weighted by Gasteiger charge is 2.51. The van der Waals surface area contributed by atoms with E-state index < -0.39 is 20.9 Å². The number of amides is 1. The lowest BCUT2D eigenvalue weighted by Crippen LogP contribution is -2.45. The number of nitrogens with one attached hydrogen (secondary N) is 1. The van der Waals surface area contributed by atoms with Crippen LogP contribution in [-0.4, -0.2) is 36.6 Å². The number of thiocarbonyl (C=S) groups is 1. The second-order valence-corrected chi connectivity index (χ2v) is 9.98. The molecule has 2 aromatic rings. The second kappa shape index (κ2) is 6.82. The highest BCUT2D eigenvalue weighted by Crippen LogP contribution is 2.38. The first-order valence-corrected chi connectivity index (χ1v) is 11.3. The topological polar surface area (TPSA) is 75.7 Å². The minimum Gasteiger partial charge on any atom is -0.382 e. The van der Waals surface area contributed by atoms with Gasteiger partial charge in [0, 0.05) is 11.5 Å². The lowest BCUT2D eigenvalue weighted by molar-refractivity contribution is -0.129. The number of benzene rings is 2. The number of hydrogen-bond acceptors (Lipinski definition) is 5. The maximum absolute atomic E-state index is 13.3. The van der Waals surface area contributed by atoms with Crippen LogP contribution < -0.4 is 9.50 Å². The van der Waals surface area contributed by atoms with Crippen molar-refractivity contribution in [1.82, 2.24) is 10.2 Å². The number of likely N-dealkylation sites (N-methyl/N-ethyl adjacent to an activating group) is 1. The molecular weight excluding hydrogens is 464 g/mol. The van der Waals surface area contributed by atoms with Gasteiger partial charge in [-0.3, -0.25) is 9.69 Å². The molecule has 0 radical (unpaired) electrons. The van der Waals surface area contributed by atoms with Crippen molar-refractivity contribution in [2.75, 3.05) is 7.05 Å². The lowest BCUT2D eigenvalue weighted by atomic mass is 9.82. The van der Waals surface area contributed by atoms with Gasteiger partial charge in [-0.25, -0.2) is 0 Å². The van der Waals surface area contributed by atoms with E-state index in [2.05, 4.69) is 21.2 Å². The summed E-state index contributed by atoms with van der Waals surface area (Å²) in [5, 5.41) is 2.98. The highest BCUT2D eigenvalue weighted by atomic mass is 79.9. The maximum atomic E-state index is 13.3. The Kier molecular flexibility index (Phi) is 4.71. The Morgan fingerprint density at radius 3 is 2.39 bits per heavy atom. The summed E-state index contributed by atoms with van der Waals surface area (Å²) < 4.78 is 30.5. The Bertz CT molecular complexity index is 1080. The Hall–Kier alpha value is -1.97. The van der Waals surface area contributed by atoms with E-state index in [0.29, 0.717) is 29.1 Å². The van der Waals surface area contributed by atoms with Gasteiger partial charge in [0.15, 0.2) is 10.7 Å². The summed E-state index contributed by atoms with van der Waals surface area (Å²) in [6.07, 6.45) is 1.23. The zero-order chi connectivity index (χ0) is 20.1. The molecule has 9 heteroatoms. The third kappa shape index (κ3) is 3.21. The van der Waals surface area contributed by atoms with Crippen LogP contribution in [0.15, 0.2) is 53.0 Å². The highest BCUT2D eigenvalue weighted by molar-refractivity contribution is 9.10. The first-order valence-electron chi connectivity index (χ1n) is 8.64. The Morgan fingerprint density at radius 1 is 1.18 bits per heavy atom. The smallest absolute Gasteiger partial charge is 0.312 e. The molecule has 0 spiro atoms. The largest absolute Gasteiger partial charge is 0.382 e. The van der Waals surface area contributed by atoms with Crippen LogP contribution in [0.5, 0.6) is 5.75 Å². The van der Waals surface area contributed by atoms with Crippen molar-refractivity contribution in [2.45, 2.75) is 23.6 Å². The van der Waals surface area contributed by atoms with Crippen LogP contribution in [0.3, 0.4) is 0 Å². The summed E-state index contributed by atoms with van der Waals surface area (Å²) in [4.78, 5) is 14.6. The van der Waals surface area contributed by atoms with E-state index in [1.54, 1.807) is 31.3 Å². The summed E-state index contributed by atoms with van der Waals surface area (Å²) in [6.45, 7) is 0. The molecule has 1 aliphatic carbocycles. The number of nitrogens with zero attached hydrogens (tertiary/aromatic N) is 1. The van der Waals surface area contributed by atoms with Crippen molar-refractivity contribution >= 4 is 49.3 Å². The average molecular weight is 481 g/mol. The van der Waals surface area contributed by atoms with Crippen LogP contribution in [0.25, 0.3) is 0 Å². The Labute approximate surface area is 177 Å². The van der Waals surface area contributed by atoms with Gasteiger partial charge in [0.2, 0.25) is 0 Å². The number of rotatable bonds is 5. The summed E-state index contributed by atoms with van der Waals surface area (Å²) in [6, 6.07) is 13.9. The molecule has 1 atom stereocenters. The van der Waals surface area contributed by atoms with Gasteiger partial charge in [0.1, 0.15) is 5.75 Å². The van der Waals surface area contributed by atoms with Gasteiger partial charge >= 0.3 is 10.1 Å². The molecule has 1 unspecified atom stereocenters. The van der Waals surface area contributed by atoms with Crippen molar-refractivity contribution in [3.05, 3.63) is 64.1 Å². The van der Waals surface area contributed by atoms with Crippen molar-refractivity contribution in [1.29, 1.82) is 0 Å². The van der Waals surface area contributed by atoms with E-state index in [4.69, 9.17) is 16.4 Å². The molecule has 1 heterocycles. The zero-order valence-electron chi connectivity index (χ0n) is 14.9. The van der Waals surface area contributed by atoms with Crippen LogP contribution in [0.4, 0.5) is 0 Å². The molecule has 1 saturated heterocycles. The molecule has 28 heavy (non-hydrogen) atoms. The Balaban J connectivity index is 1.83. The molecule has 0 aromatic heterocycles. The minimum atomic E-state index is -3.66. The van der Waals surface area contributed by atoms with E-state index in [9.17, 15) is 13.2 Å². The van der Waals surface area contributed by atoms with Crippen molar-refractivity contribution in [3.8, 4) is 5.75 Å². The normalized spacial score (nSPS) is 22.3. The van der Waals surface area contributed by atoms with Crippen molar-refractivity contribution < 1.29 is 17.4 Å². The molecule has 1 aliphatic heterocycles. The predicted octanol–water partition coefficient (Wildman–Crippen LogP) is 2.91. The molecule has 2 fully saturated rings. The number of carbonyl (C=O) groups is 1. The van der Waals surface area contributed by atoms with Crippen LogP contribution >= 0.6 is 28.1 Å². The second-order valence-electron chi connectivity index (χ2n) is 6.86. The molecule has 0 bridgehead atoms. The Morgan fingerprint density at radius 2 is 1.82 bits per heavy atom. The van der Waals surface area contributed by atoms with Crippen LogP contribution in [0.2, 0.25) is 0 Å². The molecule has 4 rings (SSSR count). The quantitative estimate of drug-likeness (QED) is 0.523. The van der Waals surface area contributed by atoms with Gasteiger partial charge in [0.05, 0.1) is 5.25 Å². The molecule has 2 aliphatic rings. The fourth-order valence-corrected chi connectivity index (χ4v) is 5.12. The molecule has 146 valence electrons. The zero-order valence-corrected chi connectivity index (χ0v) is 18.1. The fraction of sp³-hybridized carbons (Fsp3) is 0.263. The summed E-state index contributed by atoms with van der Waals surface area (Å²) >= 11 is 8.76. The molecule has 6 nitrogen and oxygen atoms in total. The number of hydrogen-bond donors (Lipinski definition) is 1. The molecule has 1 N–H and O–H groups in total. The van der Waals surface area contributed by atoms with Gasteiger partial charge in [-0.05, 0) is 60.5 Å². The molecular formula is C19H17BrN2O4S2. The van der Waals surface area contributed by atoms with Crippen LogP contribution in [-0.2, 0) is 20.5 Å². The summed E-state index contributed by atoms with van der Waals surface area (Å²) in [5.74, 6) is -0.0772. The number of carbonyl (C=O) groups excluding carboxylic acids is 1. The van der Waals surface area contributed by atoms with E-state index in [-0.39, 0.29) is 11.7 Å². The molecule has 1 amide bonds. The third-order valence-corrected chi connectivity index (χ3v) is 7.48. The van der Waals surface area contributed by atoms with Gasteiger partial charge < -0.3 is 9.50 Å². The van der Waals surface area contributed by atoms with Gasteiger partial charge in [-0.2, -0.15) is 8.42 Å². The van der Waals surface area contributed by atoms with Crippen LogP contribution in [0.1, 0.15) is 24.0 Å². The maximum Gasteiger partial charge on any atom is 0.312 e. The minimum absolute atomic E-state index is 0.175. The molecule has 1 saturated carbocycles. The van der Waals surface area contributed by atoms with Crippen LogP contribution in [0, 0.1) is 0 Å². The third-order valence-electron chi connectivity index (χ3n) is 4.89. The van der Waals surface area contributed by atoms with E-state index in [0.717, 1.165) is 4.47 Å². The first kappa shape index (κ1) is 19.4. The lowest BCUT2D eigenvalue weighted by Gasteiger charge is -2.28. The monoisotopic (exact) mass is 480 g/mol. The van der Waals surface area contributed by atoms with Gasteiger partial charge in [0.25, 0.3) is 5.91 Å². The average Bonchev–Trinajstić information content (AvgIpc) is 3.47.